The van der Waals surface area contributed by atoms with Crippen LogP contribution < -0.4 is 5.73 Å². The Morgan fingerprint density at radius 1 is 1.43 bits per heavy atom. The van der Waals surface area contributed by atoms with Gasteiger partial charge in [-0.05, 0) is 6.92 Å². The summed E-state index contributed by atoms with van der Waals surface area (Å²) >= 11 is 0. The molecule has 0 atom stereocenters. The summed E-state index contributed by atoms with van der Waals surface area (Å²) in [4.78, 5) is 8.11. The summed E-state index contributed by atoms with van der Waals surface area (Å²) in [6, 6.07) is 0. The van der Waals surface area contributed by atoms with Gasteiger partial charge < -0.3 is 5.73 Å². The molecule has 2 aromatic rings. The third-order valence-electron chi connectivity index (χ3n) is 1.92. The van der Waals surface area contributed by atoms with E-state index in [2.05, 4.69) is 15.1 Å². The van der Waals surface area contributed by atoms with Gasteiger partial charge in [0.2, 0.25) is 0 Å². The number of rotatable bonds is 2. The number of aromatic nitrogens is 4. The summed E-state index contributed by atoms with van der Waals surface area (Å²) < 4.78 is 1.78. The van der Waals surface area contributed by atoms with Crippen molar-refractivity contribution in [2.24, 2.45) is 0 Å². The van der Waals surface area contributed by atoms with Crippen molar-refractivity contribution in [1.29, 1.82) is 0 Å². The van der Waals surface area contributed by atoms with Crippen molar-refractivity contribution in [3.8, 4) is 11.4 Å². The Labute approximate surface area is 81.6 Å². The van der Waals surface area contributed by atoms with Crippen molar-refractivity contribution in [1.82, 2.24) is 19.7 Å². The molecule has 0 saturated heterocycles. The molecule has 0 aliphatic rings. The lowest BCUT2D eigenvalue weighted by Crippen LogP contribution is -1.94. The lowest BCUT2D eigenvalue weighted by molar-refractivity contribution is 0.662. The average molecular weight is 189 g/mol. The van der Waals surface area contributed by atoms with E-state index < -0.39 is 0 Å². The molecule has 2 rings (SSSR count). The third-order valence-corrected chi connectivity index (χ3v) is 1.92. The first-order chi connectivity index (χ1) is 6.81. The number of hydrogen-bond donors (Lipinski definition) is 1. The van der Waals surface area contributed by atoms with Gasteiger partial charge >= 0.3 is 0 Å². The van der Waals surface area contributed by atoms with Crippen molar-refractivity contribution in [2.45, 2.75) is 13.5 Å². The van der Waals surface area contributed by atoms with Crippen LogP contribution in [0.3, 0.4) is 0 Å². The van der Waals surface area contributed by atoms with Crippen LogP contribution in [0.25, 0.3) is 11.4 Å². The van der Waals surface area contributed by atoms with Crippen LogP contribution in [0.15, 0.2) is 24.8 Å². The van der Waals surface area contributed by atoms with Crippen LogP contribution in [0, 0.1) is 0 Å². The van der Waals surface area contributed by atoms with Crippen LogP contribution in [0.4, 0.5) is 5.69 Å². The summed E-state index contributed by atoms with van der Waals surface area (Å²) in [7, 11) is 0. The molecule has 0 fully saturated rings. The number of anilines is 1. The Hall–Kier alpha value is -1.91. The molecule has 0 aromatic carbocycles. The van der Waals surface area contributed by atoms with E-state index in [1.54, 1.807) is 29.5 Å². The van der Waals surface area contributed by atoms with E-state index in [9.17, 15) is 0 Å². The minimum absolute atomic E-state index is 0.632. The smallest absolute Gasteiger partial charge is 0.135 e. The molecule has 2 N–H and O–H groups in total. The zero-order valence-electron chi connectivity index (χ0n) is 7.88. The van der Waals surface area contributed by atoms with E-state index in [0.717, 1.165) is 6.54 Å². The maximum Gasteiger partial charge on any atom is 0.135 e. The van der Waals surface area contributed by atoms with Gasteiger partial charge in [0.25, 0.3) is 0 Å². The lowest BCUT2D eigenvalue weighted by Gasteiger charge is -1.95. The van der Waals surface area contributed by atoms with E-state index in [1.165, 1.54) is 0 Å². The number of nitrogens with zero attached hydrogens (tertiary/aromatic N) is 4. The number of hydrogen-bond acceptors (Lipinski definition) is 4. The molecule has 0 radical (unpaired) electrons. The summed E-state index contributed by atoms with van der Waals surface area (Å²) in [6.45, 7) is 2.80. The highest BCUT2D eigenvalue weighted by atomic mass is 15.3. The summed E-state index contributed by atoms with van der Waals surface area (Å²) in [5.41, 5.74) is 7.83. The molecule has 72 valence electrons. The highest BCUT2D eigenvalue weighted by Crippen LogP contribution is 2.20. The molecular formula is C9H11N5. The van der Waals surface area contributed by atoms with E-state index >= 15 is 0 Å². The average Bonchev–Trinajstić information content (AvgIpc) is 2.61. The Bertz CT molecular complexity index is 420. The van der Waals surface area contributed by atoms with Crippen LogP contribution in [-0.4, -0.2) is 19.7 Å². The van der Waals surface area contributed by atoms with Gasteiger partial charge in [-0.1, -0.05) is 0 Å². The quantitative estimate of drug-likeness (QED) is 0.763. The largest absolute Gasteiger partial charge is 0.396 e. The molecule has 2 aromatic heterocycles. The van der Waals surface area contributed by atoms with Crippen LogP contribution >= 0.6 is 0 Å². The van der Waals surface area contributed by atoms with Gasteiger partial charge in [-0.2, -0.15) is 5.10 Å². The molecule has 0 unspecified atom stereocenters. The minimum atomic E-state index is 0.632. The summed E-state index contributed by atoms with van der Waals surface area (Å²) in [5.74, 6) is 0. The number of aryl methyl sites for hydroxylation is 1. The number of nitrogen functional groups attached to an aromatic ring is 1. The zero-order valence-corrected chi connectivity index (χ0v) is 7.88. The highest BCUT2D eigenvalue weighted by Gasteiger charge is 2.08. The van der Waals surface area contributed by atoms with Gasteiger partial charge in [-0.3, -0.25) is 14.6 Å². The van der Waals surface area contributed by atoms with Gasteiger partial charge in [0.05, 0.1) is 11.9 Å². The second kappa shape index (κ2) is 3.45. The van der Waals surface area contributed by atoms with Crippen LogP contribution in [-0.2, 0) is 6.54 Å². The van der Waals surface area contributed by atoms with E-state index in [4.69, 9.17) is 5.73 Å². The molecule has 0 amide bonds. The highest BCUT2D eigenvalue weighted by molar-refractivity contribution is 5.68. The van der Waals surface area contributed by atoms with Crippen LogP contribution in [0.5, 0.6) is 0 Å². The second-order valence-corrected chi connectivity index (χ2v) is 2.88. The molecule has 0 bridgehead atoms. The fourth-order valence-electron chi connectivity index (χ4n) is 1.22. The van der Waals surface area contributed by atoms with E-state index in [1.807, 2.05) is 6.92 Å². The standard InChI is InChI=1S/C9H11N5/c1-2-14-6-7(10)9(13-14)8-5-11-3-4-12-8/h3-6H,2,10H2,1H3. The van der Waals surface area contributed by atoms with Crippen LogP contribution in [0.1, 0.15) is 6.92 Å². The van der Waals surface area contributed by atoms with Crippen molar-refractivity contribution < 1.29 is 0 Å². The Kier molecular flexibility index (Phi) is 2.14. The lowest BCUT2D eigenvalue weighted by atomic mass is 10.3. The van der Waals surface area contributed by atoms with Gasteiger partial charge in [-0.15, -0.1) is 0 Å². The molecule has 5 nitrogen and oxygen atoms in total. The van der Waals surface area contributed by atoms with Crippen molar-refractivity contribution in [3.63, 3.8) is 0 Å². The molecule has 14 heavy (non-hydrogen) atoms. The van der Waals surface area contributed by atoms with E-state index in [-0.39, 0.29) is 0 Å². The predicted octanol–water partition coefficient (Wildman–Crippen LogP) is 0.942. The van der Waals surface area contributed by atoms with Crippen molar-refractivity contribution >= 4 is 5.69 Å². The monoisotopic (exact) mass is 189 g/mol. The normalized spacial score (nSPS) is 10.4. The first kappa shape index (κ1) is 8.68. The molecule has 5 heteroatoms. The van der Waals surface area contributed by atoms with Gasteiger partial charge in [0.15, 0.2) is 0 Å². The van der Waals surface area contributed by atoms with Crippen molar-refractivity contribution in [2.75, 3.05) is 5.73 Å². The second-order valence-electron chi connectivity index (χ2n) is 2.88. The maximum atomic E-state index is 5.80. The SMILES string of the molecule is CCn1cc(N)c(-c2cnccn2)n1. The topological polar surface area (TPSA) is 69.6 Å². The Balaban J connectivity index is 2.46. The third kappa shape index (κ3) is 1.44. The number of nitrogens with two attached hydrogens (primary N) is 1. The molecule has 0 aliphatic heterocycles. The molecule has 2 heterocycles. The minimum Gasteiger partial charge on any atom is -0.396 e. The van der Waals surface area contributed by atoms with Gasteiger partial charge in [0.1, 0.15) is 11.4 Å². The van der Waals surface area contributed by atoms with Gasteiger partial charge in [0, 0.05) is 25.1 Å². The fourth-order valence-corrected chi connectivity index (χ4v) is 1.22. The van der Waals surface area contributed by atoms with E-state index in [0.29, 0.717) is 17.1 Å². The zero-order chi connectivity index (χ0) is 9.97. The first-order valence-corrected chi connectivity index (χ1v) is 4.40. The molecular weight excluding hydrogens is 178 g/mol. The maximum absolute atomic E-state index is 5.80. The van der Waals surface area contributed by atoms with Crippen LogP contribution in [0.2, 0.25) is 0 Å². The molecule has 0 aliphatic carbocycles. The summed E-state index contributed by atoms with van der Waals surface area (Å²) in [6.07, 6.45) is 6.69. The predicted molar refractivity (Wildman–Crippen MR) is 53.3 cm³/mol. The molecule has 0 spiro atoms. The Morgan fingerprint density at radius 3 is 2.86 bits per heavy atom. The van der Waals surface area contributed by atoms with Crippen molar-refractivity contribution in [3.05, 3.63) is 24.8 Å². The summed E-state index contributed by atoms with van der Waals surface area (Å²) in [5, 5.41) is 4.29. The van der Waals surface area contributed by atoms with Gasteiger partial charge in [-0.25, -0.2) is 0 Å². The Morgan fingerprint density at radius 2 is 2.29 bits per heavy atom. The fraction of sp³-hybridized carbons (Fsp3) is 0.222. The molecule has 0 saturated carbocycles. The first-order valence-electron chi connectivity index (χ1n) is 4.40.